The molecule has 0 heterocycles. The zero-order valence-corrected chi connectivity index (χ0v) is 10.4. The van der Waals surface area contributed by atoms with E-state index in [4.69, 9.17) is 0 Å². The third-order valence-corrected chi connectivity index (χ3v) is 2.85. The van der Waals surface area contributed by atoms with Gasteiger partial charge in [0, 0.05) is 11.5 Å². The predicted molar refractivity (Wildman–Crippen MR) is 75.4 cm³/mol. The first-order chi connectivity index (χ1) is 8.77. The number of rotatable bonds is 4. The fourth-order valence-corrected chi connectivity index (χ4v) is 1.77. The van der Waals surface area contributed by atoms with Crippen LogP contribution in [0, 0.1) is 5.92 Å². The summed E-state index contributed by atoms with van der Waals surface area (Å²) in [6.07, 6.45) is 3.94. The predicted octanol–water partition coefficient (Wildman–Crippen LogP) is 4.22. The van der Waals surface area contributed by atoms with Crippen molar-refractivity contribution in [1.29, 1.82) is 0 Å². The van der Waals surface area contributed by atoms with E-state index < -0.39 is 0 Å². The van der Waals surface area contributed by atoms with Crippen LogP contribution in [0.2, 0.25) is 0 Å². The number of carbonyl (C=O) groups excluding carboxylic acids is 1. The smallest absolute Gasteiger partial charge is 0.169 e. The van der Waals surface area contributed by atoms with E-state index in [1.165, 1.54) is 0 Å². The first-order valence-corrected chi connectivity index (χ1v) is 6.10. The molecule has 0 saturated heterocycles. The number of benzene rings is 2. The van der Waals surface area contributed by atoms with Gasteiger partial charge in [0.25, 0.3) is 0 Å². The van der Waals surface area contributed by atoms with E-state index >= 15 is 0 Å². The van der Waals surface area contributed by atoms with Gasteiger partial charge in [0.1, 0.15) is 0 Å². The van der Waals surface area contributed by atoms with Crippen molar-refractivity contribution in [3.05, 3.63) is 77.9 Å². The lowest BCUT2D eigenvalue weighted by Crippen LogP contribution is -2.08. The quantitative estimate of drug-likeness (QED) is 0.726. The first-order valence-electron chi connectivity index (χ1n) is 6.10. The number of Topliss-reactive ketones (excluding diaryl/α,β-unsaturated/α-hetero) is 1. The Kier molecular flexibility index (Phi) is 4.08. The van der Waals surface area contributed by atoms with Crippen LogP contribution in [0.4, 0.5) is 0 Å². The van der Waals surface area contributed by atoms with Crippen LogP contribution in [0.25, 0.3) is 6.08 Å². The Labute approximate surface area is 108 Å². The fourth-order valence-electron chi connectivity index (χ4n) is 1.77. The highest BCUT2D eigenvalue weighted by Crippen LogP contribution is 2.12. The lowest BCUT2D eigenvalue weighted by molar-refractivity contribution is 0.0953. The van der Waals surface area contributed by atoms with Gasteiger partial charge in [0.05, 0.1) is 0 Å². The molecule has 1 atom stereocenters. The maximum absolute atomic E-state index is 12.1. The molecule has 1 nitrogen and oxygen atoms in total. The molecule has 0 aliphatic carbocycles. The number of ketones is 1. The molecule has 0 amide bonds. The summed E-state index contributed by atoms with van der Waals surface area (Å²) < 4.78 is 0. The standard InChI is InChI=1S/C17H16O/c1-14(12-13-15-8-4-2-5-9-15)17(18)16-10-6-3-7-11-16/h2-14H,1H3/b13-12+. The molecular formula is C17H16O. The van der Waals surface area contributed by atoms with Gasteiger partial charge in [-0.15, -0.1) is 0 Å². The van der Waals surface area contributed by atoms with E-state index in [0.717, 1.165) is 11.1 Å². The Morgan fingerprint density at radius 3 is 2.11 bits per heavy atom. The van der Waals surface area contributed by atoms with Gasteiger partial charge in [0.2, 0.25) is 0 Å². The van der Waals surface area contributed by atoms with Crippen LogP contribution in [0.1, 0.15) is 22.8 Å². The summed E-state index contributed by atoms with van der Waals surface area (Å²) in [5.41, 5.74) is 1.88. The van der Waals surface area contributed by atoms with Crippen molar-refractivity contribution in [2.75, 3.05) is 0 Å². The molecule has 2 aromatic carbocycles. The van der Waals surface area contributed by atoms with Crippen LogP contribution >= 0.6 is 0 Å². The second kappa shape index (κ2) is 5.97. The van der Waals surface area contributed by atoms with Gasteiger partial charge in [-0.1, -0.05) is 79.7 Å². The van der Waals surface area contributed by atoms with Crippen molar-refractivity contribution in [2.45, 2.75) is 6.92 Å². The van der Waals surface area contributed by atoms with Crippen LogP contribution in [-0.4, -0.2) is 5.78 Å². The molecule has 0 aliphatic heterocycles. The highest BCUT2D eigenvalue weighted by Gasteiger charge is 2.11. The average Bonchev–Trinajstić information content (AvgIpc) is 2.46. The van der Waals surface area contributed by atoms with Crippen molar-refractivity contribution in [3.63, 3.8) is 0 Å². The summed E-state index contributed by atoms with van der Waals surface area (Å²) >= 11 is 0. The van der Waals surface area contributed by atoms with Crippen LogP contribution in [0.5, 0.6) is 0 Å². The summed E-state index contributed by atoms with van der Waals surface area (Å²) in [5.74, 6) is 0.0513. The largest absolute Gasteiger partial charge is 0.294 e. The Bertz CT molecular complexity index is 526. The Balaban J connectivity index is 2.07. The van der Waals surface area contributed by atoms with E-state index in [9.17, 15) is 4.79 Å². The fraction of sp³-hybridized carbons (Fsp3) is 0.118. The highest BCUT2D eigenvalue weighted by atomic mass is 16.1. The normalized spacial score (nSPS) is 12.5. The third-order valence-electron chi connectivity index (χ3n) is 2.85. The molecule has 0 saturated carbocycles. The molecule has 0 aromatic heterocycles. The molecule has 0 fully saturated rings. The van der Waals surface area contributed by atoms with Gasteiger partial charge in [-0.2, -0.15) is 0 Å². The first kappa shape index (κ1) is 12.3. The van der Waals surface area contributed by atoms with Crippen molar-refractivity contribution < 1.29 is 4.79 Å². The summed E-state index contributed by atoms with van der Waals surface area (Å²) in [6, 6.07) is 19.4. The number of allylic oxidation sites excluding steroid dienone is 1. The van der Waals surface area contributed by atoms with Gasteiger partial charge in [-0.05, 0) is 5.56 Å². The third kappa shape index (κ3) is 3.17. The van der Waals surface area contributed by atoms with Gasteiger partial charge in [-0.25, -0.2) is 0 Å². The van der Waals surface area contributed by atoms with Crippen molar-refractivity contribution in [2.24, 2.45) is 5.92 Å². The molecule has 0 bridgehead atoms. The minimum Gasteiger partial charge on any atom is -0.294 e. The minimum atomic E-state index is -0.104. The molecule has 0 radical (unpaired) electrons. The van der Waals surface area contributed by atoms with E-state index in [2.05, 4.69) is 0 Å². The molecule has 1 heteroatoms. The maximum atomic E-state index is 12.1. The zero-order chi connectivity index (χ0) is 12.8. The van der Waals surface area contributed by atoms with Gasteiger partial charge >= 0.3 is 0 Å². The summed E-state index contributed by atoms with van der Waals surface area (Å²) in [6.45, 7) is 1.93. The highest BCUT2D eigenvalue weighted by molar-refractivity contribution is 5.99. The molecule has 2 aromatic rings. The molecule has 90 valence electrons. The number of hydrogen-bond donors (Lipinski definition) is 0. The number of hydrogen-bond acceptors (Lipinski definition) is 1. The SMILES string of the molecule is CC(/C=C/c1ccccc1)C(=O)c1ccccc1. The van der Waals surface area contributed by atoms with E-state index in [1.54, 1.807) is 0 Å². The molecular weight excluding hydrogens is 220 g/mol. The average molecular weight is 236 g/mol. The van der Waals surface area contributed by atoms with Gasteiger partial charge in [-0.3, -0.25) is 4.79 Å². The molecule has 1 unspecified atom stereocenters. The van der Waals surface area contributed by atoms with E-state index in [-0.39, 0.29) is 11.7 Å². The summed E-state index contributed by atoms with van der Waals surface area (Å²) in [4.78, 5) is 12.1. The Hall–Kier alpha value is -2.15. The molecule has 0 spiro atoms. The molecule has 0 aliphatic rings. The molecule has 18 heavy (non-hydrogen) atoms. The maximum Gasteiger partial charge on any atom is 0.169 e. The van der Waals surface area contributed by atoms with Crippen molar-refractivity contribution in [3.8, 4) is 0 Å². The van der Waals surface area contributed by atoms with E-state index in [0.29, 0.717) is 0 Å². The Morgan fingerprint density at radius 2 is 1.50 bits per heavy atom. The molecule has 2 rings (SSSR count). The second-order valence-corrected chi connectivity index (χ2v) is 4.29. The van der Waals surface area contributed by atoms with Gasteiger partial charge < -0.3 is 0 Å². The van der Waals surface area contributed by atoms with Crippen LogP contribution in [0.15, 0.2) is 66.7 Å². The Morgan fingerprint density at radius 1 is 0.944 bits per heavy atom. The van der Waals surface area contributed by atoms with Gasteiger partial charge in [0.15, 0.2) is 5.78 Å². The van der Waals surface area contributed by atoms with Crippen LogP contribution in [-0.2, 0) is 0 Å². The second-order valence-electron chi connectivity index (χ2n) is 4.29. The van der Waals surface area contributed by atoms with Crippen molar-refractivity contribution >= 4 is 11.9 Å². The van der Waals surface area contributed by atoms with Crippen molar-refractivity contribution in [1.82, 2.24) is 0 Å². The lowest BCUT2D eigenvalue weighted by Gasteiger charge is -2.05. The zero-order valence-electron chi connectivity index (χ0n) is 10.4. The number of carbonyl (C=O) groups is 1. The summed E-state index contributed by atoms with van der Waals surface area (Å²) in [5, 5.41) is 0. The minimum absolute atomic E-state index is 0.104. The topological polar surface area (TPSA) is 17.1 Å². The lowest BCUT2D eigenvalue weighted by atomic mass is 9.98. The van der Waals surface area contributed by atoms with Crippen LogP contribution in [0.3, 0.4) is 0 Å². The summed E-state index contributed by atoms with van der Waals surface area (Å²) in [7, 11) is 0. The van der Waals surface area contributed by atoms with E-state index in [1.807, 2.05) is 79.7 Å². The van der Waals surface area contributed by atoms with Crippen LogP contribution < -0.4 is 0 Å². The molecule has 0 N–H and O–H groups in total. The monoisotopic (exact) mass is 236 g/mol.